The normalized spacial score (nSPS) is 12.9. The van der Waals surface area contributed by atoms with Gasteiger partial charge in [-0.3, -0.25) is 9.59 Å². The molecule has 1 N–H and O–H groups in total. The Morgan fingerprint density at radius 2 is 1.70 bits per heavy atom. The van der Waals surface area contributed by atoms with Gasteiger partial charge < -0.3 is 14.8 Å². The van der Waals surface area contributed by atoms with Crippen LogP contribution in [0.2, 0.25) is 0 Å². The summed E-state index contributed by atoms with van der Waals surface area (Å²) >= 11 is 0. The van der Waals surface area contributed by atoms with Crippen LogP contribution in [0.3, 0.4) is 0 Å². The van der Waals surface area contributed by atoms with Crippen molar-refractivity contribution >= 4 is 28.5 Å². The lowest BCUT2D eigenvalue weighted by Gasteiger charge is -2.29. The van der Waals surface area contributed by atoms with Gasteiger partial charge in [0.1, 0.15) is 18.2 Å². The monoisotopic (exact) mass is 498 g/mol. The second-order valence-electron chi connectivity index (χ2n) is 9.45. The summed E-state index contributed by atoms with van der Waals surface area (Å²) in [5, 5.41) is 2.89. The fraction of sp³-hybridized carbons (Fsp3) is 0.300. The molecule has 3 aromatic carbocycles. The summed E-state index contributed by atoms with van der Waals surface area (Å²) in [6.45, 7) is 1.55. The number of rotatable bonds is 9. The first kappa shape index (κ1) is 24.7. The highest BCUT2D eigenvalue weighted by Crippen LogP contribution is 2.27. The van der Waals surface area contributed by atoms with Gasteiger partial charge in [-0.05, 0) is 73.7 Å². The van der Waals surface area contributed by atoms with Crippen molar-refractivity contribution in [3.05, 3.63) is 95.6 Å². The van der Waals surface area contributed by atoms with Crippen molar-refractivity contribution in [1.29, 1.82) is 0 Å². The second-order valence-corrected chi connectivity index (χ2v) is 9.45. The number of nitrogens with zero attached hydrogens (tertiary/aromatic N) is 3. The molecule has 0 unspecified atom stereocenters. The topological polar surface area (TPSA) is 67.2 Å². The number of hydrogen-bond acceptors (Lipinski definition) is 3. The first-order chi connectivity index (χ1) is 18.1. The number of amides is 2. The van der Waals surface area contributed by atoms with Gasteiger partial charge in [0.05, 0.1) is 11.0 Å². The number of imidazole rings is 1. The average molecular weight is 499 g/mol. The third-order valence-electron chi connectivity index (χ3n) is 6.91. The molecule has 4 aromatic rings. The first-order valence-electron chi connectivity index (χ1n) is 13.0. The van der Waals surface area contributed by atoms with E-state index in [1.807, 2.05) is 47.4 Å². The molecule has 1 aliphatic rings. The molecule has 37 heavy (non-hydrogen) atoms. The van der Waals surface area contributed by atoms with Crippen LogP contribution >= 0.6 is 0 Å². The van der Waals surface area contributed by atoms with Crippen molar-refractivity contribution in [2.45, 2.75) is 45.1 Å². The lowest BCUT2D eigenvalue weighted by atomic mass is 10.0. The summed E-state index contributed by atoms with van der Waals surface area (Å²) in [6.07, 6.45) is 5.37. The fourth-order valence-corrected chi connectivity index (χ4v) is 5.00. The molecular formula is C30H31FN4O2. The van der Waals surface area contributed by atoms with Crippen LogP contribution in [0, 0.1) is 5.82 Å². The van der Waals surface area contributed by atoms with E-state index in [4.69, 9.17) is 4.98 Å². The number of carbonyl (C=O) groups is 2. The number of nitrogens with one attached hydrogen (secondary N) is 1. The summed E-state index contributed by atoms with van der Waals surface area (Å²) in [6, 6.07) is 21.7. The smallest absolute Gasteiger partial charge is 0.251 e. The van der Waals surface area contributed by atoms with Crippen molar-refractivity contribution in [3.8, 4) is 0 Å². The van der Waals surface area contributed by atoms with Gasteiger partial charge in [0.15, 0.2) is 0 Å². The number of aromatic nitrogens is 2. The zero-order valence-electron chi connectivity index (χ0n) is 20.8. The molecule has 0 atom stereocenters. The molecule has 0 radical (unpaired) electrons. The lowest BCUT2D eigenvalue weighted by Crippen LogP contribution is -2.38. The van der Waals surface area contributed by atoms with Crippen LogP contribution in [0.1, 0.15) is 47.4 Å². The third-order valence-corrected chi connectivity index (χ3v) is 6.91. The number of fused-ring (bicyclic) bond motifs is 2. The Hall–Kier alpha value is -4.00. The number of para-hydroxylation sites is 3. The van der Waals surface area contributed by atoms with Crippen LogP contribution in [-0.2, 0) is 24.2 Å². The van der Waals surface area contributed by atoms with E-state index >= 15 is 0 Å². The maximum absolute atomic E-state index is 13.5. The largest absolute Gasteiger partial charge is 0.352 e. The molecule has 6 nitrogen and oxygen atoms in total. The number of hydrogen-bond donors (Lipinski definition) is 1. The average Bonchev–Trinajstić information content (AvgIpc) is 3.27. The molecule has 5 rings (SSSR count). The molecule has 7 heteroatoms. The molecular weight excluding hydrogens is 467 g/mol. The molecule has 0 saturated carbocycles. The highest BCUT2D eigenvalue weighted by Gasteiger charge is 2.23. The van der Waals surface area contributed by atoms with Gasteiger partial charge >= 0.3 is 0 Å². The third kappa shape index (κ3) is 5.71. The zero-order chi connectivity index (χ0) is 25.6. The minimum atomic E-state index is -0.356. The van der Waals surface area contributed by atoms with E-state index in [1.165, 1.54) is 29.8 Å². The number of unbranched alkanes of at least 4 members (excludes halogenated alkanes) is 2. The molecule has 2 amide bonds. The maximum atomic E-state index is 13.5. The fourth-order valence-electron chi connectivity index (χ4n) is 5.00. The van der Waals surface area contributed by atoms with E-state index in [1.54, 1.807) is 0 Å². The van der Waals surface area contributed by atoms with Gasteiger partial charge in [0, 0.05) is 30.8 Å². The number of anilines is 1. The van der Waals surface area contributed by atoms with E-state index < -0.39 is 0 Å². The van der Waals surface area contributed by atoms with Crippen molar-refractivity contribution in [3.63, 3.8) is 0 Å². The molecule has 0 fully saturated rings. The molecule has 1 aromatic heterocycles. The van der Waals surface area contributed by atoms with E-state index in [0.717, 1.165) is 67.6 Å². The highest BCUT2D eigenvalue weighted by atomic mass is 19.1. The van der Waals surface area contributed by atoms with E-state index in [2.05, 4.69) is 16.0 Å². The summed E-state index contributed by atoms with van der Waals surface area (Å²) in [7, 11) is 0. The van der Waals surface area contributed by atoms with Crippen molar-refractivity contribution in [2.24, 2.45) is 0 Å². The lowest BCUT2D eigenvalue weighted by molar-refractivity contribution is -0.119. The number of halogens is 1. The molecule has 1 aliphatic heterocycles. The zero-order valence-corrected chi connectivity index (χ0v) is 20.8. The highest BCUT2D eigenvalue weighted by molar-refractivity contribution is 5.95. The summed E-state index contributed by atoms with van der Waals surface area (Å²) < 4.78 is 15.1. The van der Waals surface area contributed by atoms with E-state index in [9.17, 15) is 14.0 Å². The SMILES string of the molecule is O=C(NCCCCCc1nc2ccccc2n1CC(=O)N1CCCc2ccccc21)c1ccc(F)cc1. The van der Waals surface area contributed by atoms with Gasteiger partial charge in [-0.25, -0.2) is 9.37 Å². The molecule has 0 bridgehead atoms. The molecule has 0 saturated heterocycles. The van der Waals surface area contributed by atoms with Gasteiger partial charge in [-0.1, -0.05) is 36.8 Å². The van der Waals surface area contributed by atoms with Crippen molar-refractivity contribution < 1.29 is 14.0 Å². The Labute approximate surface area is 216 Å². The molecule has 2 heterocycles. The number of benzene rings is 3. The second kappa shape index (κ2) is 11.4. The van der Waals surface area contributed by atoms with Crippen molar-refractivity contribution in [2.75, 3.05) is 18.0 Å². The minimum absolute atomic E-state index is 0.0834. The van der Waals surface area contributed by atoms with Crippen LogP contribution < -0.4 is 10.2 Å². The molecule has 0 aliphatic carbocycles. The Morgan fingerprint density at radius 1 is 0.919 bits per heavy atom. The van der Waals surface area contributed by atoms with Crippen LogP contribution in [0.5, 0.6) is 0 Å². The summed E-state index contributed by atoms with van der Waals surface area (Å²) in [5.74, 6) is 0.444. The standard InChI is InChI=1S/C30H31FN4O2/c31-24-17-15-23(16-18-24)30(37)32-19-7-1-2-14-28-33-25-11-4-6-13-27(25)35(28)21-29(36)34-20-8-10-22-9-3-5-12-26(22)34/h3-6,9,11-13,15-18H,1-2,7-8,10,14,19-21H2,(H,32,37). The van der Waals surface area contributed by atoms with E-state index in [-0.39, 0.29) is 24.2 Å². The number of carbonyl (C=O) groups excluding carboxylic acids is 2. The van der Waals surface area contributed by atoms with Crippen LogP contribution in [0.15, 0.2) is 72.8 Å². The van der Waals surface area contributed by atoms with Crippen molar-refractivity contribution in [1.82, 2.24) is 14.9 Å². The predicted molar refractivity (Wildman–Crippen MR) is 143 cm³/mol. The van der Waals surface area contributed by atoms with Gasteiger partial charge in [-0.15, -0.1) is 0 Å². The van der Waals surface area contributed by atoms with Crippen LogP contribution in [0.4, 0.5) is 10.1 Å². The van der Waals surface area contributed by atoms with Gasteiger partial charge in [-0.2, -0.15) is 0 Å². The predicted octanol–water partition coefficient (Wildman–Crippen LogP) is 5.30. The summed E-state index contributed by atoms with van der Waals surface area (Å²) in [4.78, 5) is 32.4. The van der Waals surface area contributed by atoms with Crippen LogP contribution in [-0.4, -0.2) is 34.5 Å². The molecule has 190 valence electrons. The maximum Gasteiger partial charge on any atom is 0.251 e. The van der Waals surface area contributed by atoms with Gasteiger partial charge in [0.25, 0.3) is 5.91 Å². The summed E-state index contributed by atoms with van der Waals surface area (Å²) in [5.41, 5.74) is 4.58. The molecule has 0 spiro atoms. The Balaban J connectivity index is 1.19. The Bertz CT molecular complexity index is 1400. The van der Waals surface area contributed by atoms with Crippen LogP contribution in [0.25, 0.3) is 11.0 Å². The van der Waals surface area contributed by atoms with Gasteiger partial charge in [0.2, 0.25) is 5.91 Å². The Morgan fingerprint density at radius 3 is 2.57 bits per heavy atom. The first-order valence-corrected chi connectivity index (χ1v) is 13.0. The van der Waals surface area contributed by atoms with E-state index in [0.29, 0.717) is 12.1 Å². The Kier molecular flexibility index (Phi) is 7.59. The minimum Gasteiger partial charge on any atom is -0.352 e. The number of aryl methyl sites for hydroxylation is 2. The quantitative estimate of drug-likeness (QED) is 0.319.